The summed E-state index contributed by atoms with van der Waals surface area (Å²) in [6.45, 7) is 1.37. The largest absolute Gasteiger partial charge is 0.469 e. The van der Waals surface area contributed by atoms with Crippen LogP contribution in [0, 0.1) is 0 Å². The smallest absolute Gasteiger partial charge is 0.406 e. The maximum atomic E-state index is 12.2. The van der Waals surface area contributed by atoms with Crippen LogP contribution in [0.3, 0.4) is 0 Å². The summed E-state index contributed by atoms with van der Waals surface area (Å²) in [5.41, 5.74) is 0. The summed E-state index contributed by atoms with van der Waals surface area (Å²) >= 11 is 0. The molecule has 0 unspecified atom stereocenters. The van der Waals surface area contributed by atoms with Crippen LogP contribution in [0.4, 0.5) is 13.2 Å². The summed E-state index contributed by atoms with van der Waals surface area (Å²) in [4.78, 5) is 14.9. The Hall–Kier alpha value is -1.92. The molecule has 18 heavy (non-hydrogen) atoms. The maximum Gasteiger partial charge on any atom is 0.406 e. The van der Waals surface area contributed by atoms with Gasteiger partial charge in [0.1, 0.15) is 6.54 Å². The molecular weight excluding hydrogens is 249 g/mol. The first kappa shape index (κ1) is 14.1. The first-order valence-corrected chi connectivity index (χ1v) is 5.14. The molecule has 7 heteroatoms. The van der Waals surface area contributed by atoms with Crippen LogP contribution in [-0.2, 0) is 4.79 Å². The zero-order valence-corrected chi connectivity index (χ0v) is 9.54. The molecule has 0 aliphatic heterocycles. The van der Waals surface area contributed by atoms with Crippen molar-refractivity contribution in [2.45, 2.75) is 6.18 Å². The lowest BCUT2D eigenvalue weighted by Gasteiger charge is -2.22. The molecule has 0 atom stereocenters. The van der Waals surface area contributed by atoms with Gasteiger partial charge in [-0.25, -0.2) is 0 Å². The normalized spacial score (nSPS) is 11.1. The van der Waals surface area contributed by atoms with Gasteiger partial charge in [-0.15, -0.1) is 6.58 Å². The van der Waals surface area contributed by atoms with Gasteiger partial charge in [0.05, 0.1) is 0 Å². The molecule has 1 aromatic rings. The Labute approximate surface area is 102 Å². The van der Waals surface area contributed by atoms with E-state index < -0.39 is 25.2 Å². The van der Waals surface area contributed by atoms with Crippen molar-refractivity contribution >= 4 is 5.91 Å². The number of hydrogen-bond acceptors (Lipinski definition) is 2. The van der Waals surface area contributed by atoms with Gasteiger partial charge in [-0.1, -0.05) is 6.08 Å². The molecule has 0 fully saturated rings. The number of halogens is 3. The van der Waals surface area contributed by atoms with Crippen molar-refractivity contribution in [3.05, 3.63) is 31.0 Å². The number of hydrogen-bond donors (Lipinski definition) is 1. The van der Waals surface area contributed by atoms with Crippen LogP contribution >= 0.6 is 0 Å². The fraction of sp³-hybridized carbons (Fsp3) is 0.364. The van der Waals surface area contributed by atoms with E-state index in [1.165, 1.54) is 6.08 Å². The number of rotatable bonds is 6. The summed E-state index contributed by atoms with van der Waals surface area (Å²) < 4.78 is 41.7. The van der Waals surface area contributed by atoms with Crippen molar-refractivity contribution in [3.63, 3.8) is 0 Å². The van der Waals surface area contributed by atoms with Crippen molar-refractivity contribution in [2.75, 3.05) is 19.7 Å². The van der Waals surface area contributed by atoms with E-state index in [2.05, 4.69) is 11.6 Å². The molecule has 0 saturated carbocycles. The van der Waals surface area contributed by atoms with E-state index in [4.69, 9.17) is 4.74 Å². The maximum absolute atomic E-state index is 12.2. The highest BCUT2D eigenvalue weighted by Crippen LogP contribution is 2.16. The van der Waals surface area contributed by atoms with Crippen LogP contribution in [0.2, 0.25) is 0 Å². The molecule has 0 spiro atoms. The van der Waals surface area contributed by atoms with Crippen LogP contribution in [0.1, 0.15) is 0 Å². The number of ether oxygens (including phenoxy) is 1. The Balaban J connectivity index is 2.51. The van der Waals surface area contributed by atoms with E-state index >= 15 is 0 Å². The molecule has 0 saturated heterocycles. The third-order valence-corrected chi connectivity index (χ3v) is 1.99. The van der Waals surface area contributed by atoms with Gasteiger partial charge in [0, 0.05) is 12.7 Å². The lowest BCUT2D eigenvalue weighted by atomic mass is 10.4. The minimum Gasteiger partial charge on any atom is -0.469 e. The molecule has 1 N–H and O–H groups in total. The number of aromatic amines is 1. The zero-order valence-electron chi connectivity index (χ0n) is 9.54. The van der Waals surface area contributed by atoms with Crippen molar-refractivity contribution in [1.82, 2.24) is 9.88 Å². The lowest BCUT2D eigenvalue weighted by Crippen LogP contribution is -2.41. The van der Waals surface area contributed by atoms with E-state index in [0.717, 1.165) is 0 Å². The van der Waals surface area contributed by atoms with E-state index in [1.54, 1.807) is 18.3 Å². The molecule has 1 rings (SSSR count). The number of carbonyl (C=O) groups excluding carboxylic acids is 1. The minimum atomic E-state index is -4.44. The van der Waals surface area contributed by atoms with Crippen LogP contribution in [0.15, 0.2) is 31.0 Å². The molecule has 0 aromatic carbocycles. The summed E-state index contributed by atoms with van der Waals surface area (Å²) in [7, 11) is 0. The Morgan fingerprint density at radius 1 is 1.56 bits per heavy atom. The summed E-state index contributed by atoms with van der Waals surface area (Å²) in [5.74, 6) is -0.421. The highest BCUT2D eigenvalue weighted by atomic mass is 19.4. The highest BCUT2D eigenvalue weighted by Gasteiger charge is 2.32. The van der Waals surface area contributed by atoms with E-state index in [-0.39, 0.29) is 6.54 Å². The molecule has 1 heterocycles. The number of nitrogens with one attached hydrogen (secondary N) is 1. The second kappa shape index (κ2) is 6.13. The number of carbonyl (C=O) groups is 1. The lowest BCUT2D eigenvalue weighted by molar-refractivity contribution is -0.161. The van der Waals surface area contributed by atoms with Gasteiger partial charge >= 0.3 is 6.18 Å². The summed E-state index contributed by atoms with van der Waals surface area (Å²) in [6.07, 6.45) is -1.62. The van der Waals surface area contributed by atoms with Gasteiger partial charge in [0.15, 0.2) is 12.5 Å². The summed E-state index contributed by atoms with van der Waals surface area (Å²) in [5, 5.41) is 0. The van der Waals surface area contributed by atoms with Gasteiger partial charge in [-0.3, -0.25) is 4.79 Å². The zero-order chi connectivity index (χ0) is 13.6. The molecule has 0 aliphatic rings. The molecule has 1 aromatic heterocycles. The van der Waals surface area contributed by atoms with E-state index in [1.807, 2.05) is 0 Å². The number of aromatic nitrogens is 1. The molecule has 0 bridgehead atoms. The average Bonchev–Trinajstić information content (AvgIpc) is 2.76. The molecular formula is C11H13F3N2O2. The molecule has 100 valence electrons. The number of H-pyrrole nitrogens is 1. The quantitative estimate of drug-likeness (QED) is 0.797. The number of nitrogens with zero attached hydrogens (tertiary/aromatic N) is 1. The van der Waals surface area contributed by atoms with Crippen LogP contribution in [0.5, 0.6) is 5.88 Å². The van der Waals surface area contributed by atoms with Crippen molar-refractivity contribution in [2.24, 2.45) is 0 Å². The Morgan fingerprint density at radius 3 is 2.78 bits per heavy atom. The van der Waals surface area contributed by atoms with Gasteiger partial charge in [-0.2, -0.15) is 13.2 Å². The van der Waals surface area contributed by atoms with Crippen molar-refractivity contribution < 1.29 is 22.7 Å². The van der Waals surface area contributed by atoms with Gasteiger partial charge in [0.2, 0.25) is 0 Å². The van der Waals surface area contributed by atoms with E-state index in [0.29, 0.717) is 10.8 Å². The highest BCUT2D eigenvalue weighted by molar-refractivity contribution is 5.78. The average molecular weight is 262 g/mol. The number of amides is 1. The topological polar surface area (TPSA) is 45.3 Å². The Bertz CT molecular complexity index is 387. The second-order valence-corrected chi connectivity index (χ2v) is 3.50. The predicted octanol–water partition coefficient (Wildman–Crippen LogP) is 1.97. The van der Waals surface area contributed by atoms with Gasteiger partial charge in [0.25, 0.3) is 5.91 Å². The first-order valence-electron chi connectivity index (χ1n) is 5.14. The Kier molecular flexibility index (Phi) is 4.82. The molecule has 1 amide bonds. The third kappa shape index (κ3) is 4.94. The molecule has 4 nitrogen and oxygen atoms in total. The number of alkyl halides is 3. The Morgan fingerprint density at radius 2 is 2.28 bits per heavy atom. The second-order valence-electron chi connectivity index (χ2n) is 3.50. The first-order chi connectivity index (χ1) is 8.42. The van der Waals surface area contributed by atoms with Gasteiger partial charge in [-0.05, 0) is 12.1 Å². The fourth-order valence-corrected chi connectivity index (χ4v) is 1.26. The van der Waals surface area contributed by atoms with Crippen LogP contribution < -0.4 is 4.74 Å². The SMILES string of the molecule is C=CCN(CC(F)(F)F)C(=O)COc1ccc[nH]1. The van der Waals surface area contributed by atoms with Crippen LogP contribution in [-0.4, -0.2) is 41.7 Å². The molecule has 0 radical (unpaired) electrons. The van der Waals surface area contributed by atoms with Crippen molar-refractivity contribution in [3.8, 4) is 5.88 Å². The fourth-order valence-electron chi connectivity index (χ4n) is 1.26. The van der Waals surface area contributed by atoms with Crippen LogP contribution in [0.25, 0.3) is 0 Å². The van der Waals surface area contributed by atoms with Gasteiger partial charge < -0.3 is 14.6 Å². The third-order valence-electron chi connectivity index (χ3n) is 1.99. The standard InChI is InChI=1S/C11H13F3N2O2/c1-2-6-16(8-11(12,13)14)10(17)7-18-9-4-3-5-15-9/h2-5,15H,1,6-8H2. The summed E-state index contributed by atoms with van der Waals surface area (Å²) in [6, 6.07) is 3.21. The predicted molar refractivity (Wildman–Crippen MR) is 59.1 cm³/mol. The van der Waals surface area contributed by atoms with E-state index in [9.17, 15) is 18.0 Å². The minimum absolute atomic E-state index is 0.174. The van der Waals surface area contributed by atoms with Crippen molar-refractivity contribution in [1.29, 1.82) is 0 Å². The monoisotopic (exact) mass is 262 g/mol. The molecule has 0 aliphatic carbocycles.